The number of hydrogen-bond acceptors (Lipinski definition) is 4. The van der Waals surface area contributed by atoms with Crippen LogP contribution >= 0.6 is 11.6 Å². The summed E-state index contributed by atoms with van der Waals surface area (Å²) in [6.07, 6.45) is 1.31. The minimum atomic E-state index is -0.766. The van der Waals surface area contributed by atoms with Crippen LogP contribution in [0.1, 0.15) is 23.0 Å². The molecule has 0 aliphatic rings. The first-order chi connectivity index (χ1) is 9.97. The number of hydrogen-bond donors (Lipinski definition) is 1. The lowest BCUT2D eigenvalue weighted by Gasteiger charge is -2.08. The van der Waals surface area contributed by atoms with Gasteiger partial charge >= 0.3 is 0 Å². The van der Waals surface area contributed by atoms with Crippen molar-refractivity contribution in [2.75, 3.05) is 5.32 Å². The highest BCUT2D eigenvalue weighted by atomic mass is 35.5. The maximum atomic E-state index is 14.2. The number of Topliss-reactive ketones (excluding diaryl/α,β-unsaturated/α-hetero) is 1. The number of halogens is 2. The lowest BCUT2D eigenvalue weighted by Crippen LogP contribution is -2.12. The van der Waals surface area contributed by atoms with Crippen molar-refractivity contribution >= 4 is 29.0 Å². The van der Waals surface area contributed by atoms with Crippen molar-refractivity contribution in [3.8, 4) is 0 Å². The second-order valence-corrected chi connectivity index (χ2v) is 4.60. The third-order valence-corrected chi connectivity index (χ3v) is 2.82. The Bertz CT molecular complexity index is 706. The van der Waals surface area contributed by atoms with Crippen molar-refractivity contribution in [1.82, 2.24) is 9.97 Å². The van der Waals surface area contributed by atoms with Crippen LogP contribution in [0.3, 0.4) is 0 Å². The second-order valence-electron chi connectivity index (χ2n) is 4.27. The highest BCUT2D eigenvalue weighted by Gasteiger charge is 2.16. The maximum Gasteiger partial charge on any atom is 0.222 e. The number of ketones is 1. The van der Waals surface area contributed by atoms with E-state index in [1.54, 1.807) is 0 Å². The van der Waals surface area contributed by atoms with Crippen LogP contribution in [0.4, 0.5) is 10.1 Å². The standard InChI is InChI=1S/C14H11ClFN3O2/c1-8(20)18-11-4-2-3-10(13(11)16)12(21)7-9-5-6-17-14(15)19-9/h2-6H,7H2,1H3,(H,18,20). The van der Waals surface area contributed by atoms with Gasteiger partial charge in [0.25, 0.3) is 0 Å². The molecule has 0 fully saturated rings. The molecule has 1 aromatic carbocycles. The summed E-state index contributed by atoms with van der Waals surface area (Å²) in [6.45, 7) is 1.26. The van der Waals surface area contributed by atoms with Crippen molar-refractivity contribution < 1.29 is 14.0 Å². The second kappa shape index (κ2) is 6.41. The Labute approximate surface area is 125 Å². The first kappa shape index (κ1) is 15.1. The van der Waals surface area contributed by atoms with Gasteiger partial charge in [-0.2, -0.15) is 0 Å². The van der Waals surface area contributed by atoms with Crippen LogP contribution in [0, 0.1) is 5.82 Å². The van der Waals surface area contributed by atoms with E-state index >= 15 is 0 Å². The predicted octanol–water partition coefficient (Wildman–Crippen LogP) is 2.65. The molecule has 0 spiro atoms. The largest absolute Gasteiger partial charge is 0.324 e. The Kier molecular flexibility index (Phi) is 4.59. The Morgan fingerprint density at radius 1 is 1.33 bits per heavy atom. The van der Waals surface area contributed by atoms with E-state index in [1.165, 1.54) is 37.4 Å². The number of carbonyl (C=O) groups excluding carboxylic acids is 2. The van der Waals surface area contributed by atoms with Crippen molar-refractivity contribution in [2.24, 2.45) is 0 Å². The van der Waals surface area contributed by atoms with Gasteiger partial charge in [0, 0.05) is 13.1 Å². The molecule has 2 rings (SSSR count). The van der Waals surface area contributed by atoms with Gasteiger partial charge in [0.1, 0.15) is 0 Å². The minimum Gasteiger partial charge on any atom is -0.324 e. The van der Waals surface area contributed by atoms with Crippen molar-refractivity contribution in [2.45, 2.75) is 13.3 Å². The number of nitrogens with zero attached hydrogens (tertiary/aromatic N) is 2. The Hall–Kier alpha value is -2.34. The number of nitrogens with one attached hydrogen (secondary N) is 1. The first-order valence-corrected chi connectivity index (χ1v) is 6.42. The van der Waals surface area contributed by atoms with E-state index in [0.717, 1.165) is 0 Å². The molecular weight excluding hydrogens is 297 g/mol. The quantitative estimate of drug-likeness (QED) is 0.696. The Morgan fingerprint density at radius 3 is 2.76 bits per heavy atom. The van der Waals surface area contributed by atoms with E-state index < -0.39 is 17.5 Å². The fraction of sp³-hybridized carbons (Fsp3) is 0.143. The van der Waals surface area contributed by atoms with Gasteiger partial charge in [0.05, 0.1) is 23.4 Å². The van der Waals surface area contributed by atoms with E-state index in [4.69, 9.17) is 11.6 Å². The molecule has 0 radical (unpaired) electrons. The lowest BCUT2D eigenvalue weighted by molar-refractivity contribution is -0.114. The summed E-state index contributed by atoms with van der Waals surface area (Å²) < 4.78 is 14.2. The molecule has 7 heteroatoms. The molecule has 2 aromatic rings. The van der Waals surface area contributed by atoms with E-state index in [0.29, 0.717) is 5.69 Å². The van der Waals surface area contributed by atoms with Gasteiger partial charge < -0.3 is 5.32 Å². The average Bonchev–Trinajstić information content (AvgIpc) is 2.40. The SMILES string of the molecule is CC(=O)Nc1cccc(C(=O)Cc2ccnc(Cl)n2)c1F. The molecule has 0 aliphatic heterocycles. The highest BCUT2D eigenvalue weighted by Crippen LogP contribution is 2.19. The number of rotatable bonds is 4. The van der Waals surface area contributed by atoms with E-state index in [1.807, 2.05) is 0 Å². The molecule has 1 aromatic heterocycles. The molecule has 108 valence electrons. The van der Waals surface area contributed by atoms with Crippen LogP contribution in [0.25, 0.3) is 0 Å². The number of aromatic nitrogens is 2. The molecule has 0 saturated carbocycles. The smallest absolute Gasteiger partial charge is 0.222 e. The molecule has 0 unspecified atom stereocenters. The lowest BCUT2D eigenvalue weighted by atomic mass is 10.0. The van der Waals surface area contributed by atoms with Gasteiger partial charge in [-0.15, -0.1) is 0 Å². The Morgan fingerprint density at radius 2 is 2.10 bits per heavy atom. The molecule has 21 heavy (non-hydrogen) atoms. The molecule has 5 nitrogen and oxygen atoms in total. The van der Waals surface area contributed by atoms with Gasteiger partial charge in [-0.25, -0.2) is 14.4 Å². The third kappa shape index (κ3) is 3.82. The summed E-state index contributed by atoms with van der Waals surface area (Å²) in [5.41, 5.74) is 0.245. The van der Waals surface area contributed by atoms with Crippen LogP contribution in [0.15, 0.2) is 30.5 Å². The third-order valence-electron chi connectivity index (χ3n) is 2.64. The predicted molar refractivity (Wildman–Crippen MR) is 75.8 cm³/mol. The molecule has 0 bridgehead atoms. The normalized spacial score (nSPS) is 10.2. The molecule has 1 N–H and O–H groups in total. The monoisotopic (exact) mass is 307 g/mol. The number of amides is 1. The molecule has 1 heterocycles. The average molecular weight is 308 g/mol. The molecule has 0 atom stereocenters. The van der Waals surface area contributed by atoms with Crippen molar-refractivity contribution in [3.63, 3.8) is 0 Å². The van der Waals surface area contributed by atoms with Crippen molar-refractivity contribution in [1.29, 1.82) is 0 Å². The van der Waals surface area contributed by atoms with E-state index in [9.17, 15) is 14.0 Å². The Balaban J connectivity index is 2.25. The van der Waals surface area contributed by atoms with E-state index in [-0.39, 0.29) is 23.0 Å². The minimum absolute atomic E-state index is 0.0211. The molecule has 0 aliphatic carbocycles. The summed E-state index contributed by atoms with van der Waals surface area (Å²) in [6, 6.07) is 5.76. The summed E-state index contributed by atoms with van der Waals surface area (Å²) in [5, 5.41) is 2.35. The van der Waals surface area contributed by atoms with Gasteiger partial charge in [0.2, 0.25) is 11.2 Å². The van der Waals surface area contributed by atoms with Crippen LogP contribution in [0.2, 0.25) is 5.28 Å². The number of benzene rings is 1. The van der Waals surface area contributed by atoms with Gasteiger partial charge in [0.15, 0.2) is 11.6 Å². The van der Waals surface area contributed by atoms with Gasteiger partial charge in [-0.3, -0.25) is 9.59 Å². The summed E-state index contributed by atoms with van der Waals surface area (Å²) >= 11 is 5.63. The van der Waals surface area contributed by atoms with Crippen LogP contribution in [0.5, 0.6) is 0 Å². The first-order valence-electron chi connectivity index (χ1n) is 6.04. The summed E-state index contributed by atoms with van der Waals surface area (Å²) in [5.74, 6) is -1.64. The van der Waals surface area contributed by atoms with Crippen LogP contribution in [-0.2, 0) is 11.2 Å². The zero-order chi connectivity index (χ0) is 15.4. The van der Waals surface area contributed by atoms with Gasteiger partial charge in [-0.05, 0) is 29.8 Å². The van der Waals surface area contributed by atoms with Gasteiger partial charge in [-0.1, -0.05) is 6.07 Å². The fourth-order valence-corrected chi connectivity index (χ4v) is 1.93. The zero-order valence-corrected chi connectivity index (χ0v) is 11.8. The molecule has 0 saturated heterocycles. The number of carbonyl (C=O) groups is 2. The molecular formula is C14H11ClFN3O2. The topological polar surface area (TPSA) is 72.0 Å². The van der Waals surface area contributed by atoms with Crippen LogP contribution in [-0.4, -0.2) is 21.7 Å². The fourth-order valence-electron chi connectivity index (χ4n) is 1.76. The highest BCUT2D eigenvalue weighted by molar-refractivity contribution is 6.28. The molecule has 1 amide bonds. The maximum absolute atomic E-state index is 14.2. The van der Waals surface area contributed by atoms with E-state index in [2.05, 4.69) is 15.3 Å². The zero-order valence-electron chi connectivity index (χ0n) is 11.1. The van der Waals surface area contributed by atoms with Crippen molar-refractivity contribution in [3.05, 3.63) is 52.8 Å². The van der Waals surface area contributed by atoms with Crippen LogP contribution < -0.4 is 5.32 Å². The summed E-state index contributed by atoms with van der Waals surface area (Å²) in [7, 11) is 0. The summed E-state index contributed by atoms with van der Waals surface area (Å²) in [4.78, 5) is 30.7. The number of anilines is 1.